The zero-order valence-electron chi connectivity index (χ0n) is 26.2. The molecule has 4 rings (SSSR count). The molecule has 42 heavy (non-hydrogen) atoms. The maximum Gasteiger partial charge on any atom is 0.114 e. The summed E-state index contributed by atoms with van der Waals surface area (Å²) < 4.78 is 2.89. The first-order valence-corrected chi connectivity index (χ1v) is 21.9. The summed E-state index contributed by atoms with van der Waals surface area (Å²) in [6, 6.07) is 16.8. The second kappa shape index (κ2) is 30.9. The van der Waals surface area contributed by atoms with Gasteiger partial charge in [0.05, 0.1) is 23.6 Å². The molecule has 2 aromatic carbocycles. The molecule has 4 nitrogen and oxygen atoms in total. The van der Waals surface area contributed by atoms with Gasteiger partial charge in [-0.1, -0.05) is 184 Å². The number of aromatic amines is 2. The number of hydrogen-bond acceptors (Lipinski definition) is 1. The number of rotatable bonds is 4. The molecule has 0 unspecified atom stereocenters. The number of halogens is 6. The molecule has 2 N–H and O–H groups in total. The van der Waals surface area contributed by atoms with Gasteiger partial charge < -0.3 is 19.4 Å². The van der Waals surface area contributed by atoms with E-state index in [-0.39, 0.29) is 0 Å². The molecule has 238 valence electrons. The van der Waals surface area contributed by atoms with E-state index in [9.17, 15) is 0 Å². The van der Waals surface area contributed by atoms with E-state index >= 15 is 0 Å². The Morgan fingerprint density at radius 1 is 0.762 bits per heavy atom. The number of nitrogens with one attached hydrogen (secondary N) is 2. The maximum absolute atomic E-state index is 3.36. The Bertz CT molecular complexity index is 1170. The summed E-state index contributed by atoms with van der Waals surface area (Å²) >= 11 is 13.6. The van der Waals surface area contributed by atoms with Gasteiger partial charge in [-0.3, -0.25) is 0 Å². The Labute approximate surface area is 338 Å². The smallest absolute Gasteiger partial charge is 0.114 e. The molecule has 2 heterocycles. The number of nitrogens with zero attached hydrogens (tertiary/aromatic N) is 2. The van der Waals surface area contributed by atoms with E-state index in [4.69, 9.17) is 0 Å². The minimum absolute atomic E-state index is 0.743. The molecule has 0 saturated heterocycles. The van der Waals surface area contributed by atoms with E-state index in [1.807, 2.05) is 18.8 Å². The molecular weight excluding hydrogens is 1200 g/mol. The second-order valence-electron chi connectivity index (χ2n) is 9.57. The van der Waals surface area contributed by atoms with Crippen molar-refractivity contribution < 1.29 is 4.48 Å². The van der Waals surface area contributed by atoms with Gasteiger partial charge in [-0.25, -0.2) is 0 Å². The lowest BCUT2D eigenvalue weighted by Gasteiger charge is -2.23. The highest BCUT2D eigenvalue weighted by Crippen LogP contribution is 2.20. The van der Waals surface area contributed by atoms with Gasteiger partial charge in [0.25, 0.3) is 0 Å². The van der Waals surface area contributed by atoms with Crippen LogP contribution in [-0.4, -0.2) is 61.9 Å². The average Bonchev–Trinajstić information content (AvgIpc) is 3.50. The number of allylic oxidation sites excluding steroid dienone is 2. The summed E-state index contributed by atoms with van der Waals surface area (Å²) in [6.07, 6.45) is 7.71. The Kier molecular flexibility index (Phi) is 35.1. The summed E-state index contributed by atoms with van der Waals surface area (Å²) in [5.74, 6) is 0. The fraction of sp³-hybridized carbons (Fsp3) is 0.375. The van der Waals surface area contributed by atoms with Crippen LogP contribution in [0.1, 0.15) is 25.0 Å². The van der Waals surface area contributed by atoms with Crippen molar-refractivity contribution in [3.05, 3.63) is 97.4 Å². The molecule has 0 fully saturated rings. The minimum Gasteiger partial charge on any atom is -0.361 e. The quantitative estimate of drug-likeness (QED) is 0.0908. The van der Waals surface area contributed by atoms with Crippen molar-refractivity contribution in [2.75, 3.05) is 42.6 Å². The van der Waals surface area contributed by atoms with Crippen molar-refractivity contribution in [1.82, 2.24) is 14.9 Å². The fourth-order valence-electron chi connectivity index (χ4n) is 3.38. The van der Waals surface area contributed by atoms with Crippen LogP contribution in [0, 0.1) is 0 Å². The highest BCUT2D eigenvalue weighted by Gasteiger charge is 2.12. The van der Waals surface area contributed by atoms with Crippen LogP contribution in [0.15, 0.2) is 86.2 Å². The molecule has 0 radical (unpaired) electrons. The van der Waals surface area contributed by atoms with E-state index < -0.39 is 0 Å². The van der Waals surface area contributed by atoms with Crippen molar-refractivity contribution >= 4 is 157 Å². The van der Waals surface area contributed by atoms with Crippen LogP contribution in [0.2, 0.25) is 0 Å². The second-order valence-corrected chi connectivity index (χ2v) is 24.9. The Morgan fingerprint density at radius 2 is 1.07 bits per heavy atom. The third-order valence-corrected chi connectivity index (χ3v) is 4.48. The molecule has 0 bridgehead atoms. The van der Waals surface area contributed by atoms with Crippen LogP contribution in [0.5, 0.6) is 0 Å². The summed E-state index contributed by atoms with van der Waals surface area (Å²) in [4.78, 5) is 10.7. The number of alkyl halides is 6. The monoisotopic (exact) mass is 1250 g/mol. The van der Waals surface area contributed by atoms with Crippen LogP contribution < -0.4 is 0 Å². The first-order valence-electron chi connectivity index (χ1n) is 12.9. The van der Waals surface area contributed by atoms with Gasteiger partial charge in [0.2, 0.25) is 0 Å². The number of para-hydroxylation sites is 2. The Hall–Kier alpha value is 1.30. The summed E-state index contributed by atoms with van der Waals surface area (Å²) in [6.45, 7) is 12.5. The molecule has 0 atom stereocenters. The van der Waals surface area contributed by atoms with E-state index in [0.717, 1.165) is 17.5 Å². The minimum atomic E-state index is 0.743. The first-order chi connectivity index (χ1) is 19.8. The third kappa shape index (κ3) is 26.5. The van der Waals surface area contributed by atoms with Gasteiger partial charge in [-0.15, -0.1) is 13.2 Å². The van der Waals surface area contributed by atoms with E-state index in [1.165, 1.54) is 35.4 Å². The molecule has 2 aromatic heterocycles. The summed E-state index contributed by atoms with van der Waals surface area (Å²) in [7, 11) is 10.8. The summed E-state index contributed by atoms with van der Waals surface area (Å²) in [5, 5.41) is 2.68. The molecule has 0 aliphatic carbocycles. The molecule has 0 aliphatic heterocycles. The SMILES string of the molecule is C=CC.C=CC.CI.CN(C)Cc1c[nH]c2ccccc12.C[N+](C)(C)Cc1c[nH]c2ccccc12.IC(I)I.ICI. The predicted octanol–water partition coefficient (Wildman–Crippen LogP) is 12.4. The van der Waals surface area contributed by atoms with Crippen molar-refractivity contribution in [1.29, 1.82) is 0 Å². The van der Waals surface area contributed by atoms with E-state index in [2.05, 4.69) is 260 Å². The Morgan fingerprint density at radius 3 is 1.40 bits per heavy atom. The highest BCUT2D eigenvalue weighted by atomic mass is 127. The molecule has 0 aliphatic rings. The Balaban J connectivity index is -0.000000498. The normalized spacial score (nSPS) is 9.62. The van der Waals surface area contributed by atoms with Crippen LogP contribution in [-0.2, 0) is 13.1 Å². The molecule has 10 heteroatoms. The topological polar surface area (TPSA) is 34.8 Å². The van der Waals surface area contributed by atoms with Crippen LogP contribution >= 0.6 is 136 Å². The predicted molar refractivity (Wildman–Crippen MR) is 246 cm³/mol. The lowest BCUT2D eigenvalue weighted by Crippen LogP contribution is -2.33. The van der Waals surface area contributed by atoms with Gasteiger partial charge in [0.15, 0.2) is 0 Å². The van der Waals surface area contributed by atoms with Crippen molar-refractivity contribution in [3.63, 3.8) is 0 Å². The van der Waals surface area contributed by atoms with Crippen molar-refractivity contribution in [3.8, 4) is 0 Å². The van der Waals surface area contributed by atoms with Crippen LogP contribution in [0.25, 0.3) is 21.8 Å². The zero-order valence-corrected chi connectivity index (χ0v) is 39.1. The number of H-pyrrole nitrogens is 2. The number of benzene rings is 2. The molecule has 0 spiro atoms. The lowest BCUT2D eigenvalue weighted by atomic mass is 10.1. The van der Waals surface area contributed by atoms with Gasteiger partial charge in [0.1, 0.15) is 6.48 Å². The lowest BCUT2D eigenvalue weighted by molar-refractivity contribution is -0.883. The maximum atomic E-state index is 3.36. The molecule has 0 amide bonds. The number of hydrogen-bond donors (Lipinski definition) is 2. The van der Waals surface area contributed by atoms with E-state index in [1.54, 1.807) is 12.2 Å². The largest absolute Gasteiger partial charge is 0.361 e. The first kappa shape index (κ1) is 47.7. The number of quaternary nitrogens is 1. The zero-order chi connectivity index (χ0) is 33.1. The van der Waals surface area contributed by atoms with Crippen molar-refractivity contribution in [2.45, 2.75) is 26.9 Å². The number of aromatic nitrogens is 2. The van der Waals surface area contributed by atoms with Crippen LogP contribution in [0.4, 0.5) is 0 Å². The molecule has 4 aromatic rings. The van der Waals surface area contributed by atoms with Crippen LogP contribution in [0.3, 0.4) is 0 Å². The average molecular weight is 1250 g/mol. The van der Waals surface area contributed by atoms with Gasteiger partial charge in [-0.2, -0.15) is 0 Å². The van der Waals surface area contributed by atoms with Gasteiger partial charge >= 0.3 is 0 Å². The molecular formula is C32H49I6N4+. The van der Waals surface area contributed by atoms with Gasteiger partial charge in [0, 0.05) is 46.3 Å². The third-order valence-electron chi connectivity index (χ3n) is 4.48. The van der Waals surface area contributed by atoms with Gasteiger partial charge in [-0.05, 0) is 50.6 Å². The van der Waals surface area contributed by atoms with Crippen molar-refractivity contribution in [2.24, 2.45) is 0 Å². The standard InChI is InChI=1S/C12H17N2.C11H14N2.2C3H6.CHI3.CH2I2.CH3I/c1-14(2,3)9-10-8-13-12-7-5-4-6-11(10)12;1-13(2)8-9-7-12-11-6-4-3-5-10(9)11;2*1-3-2;2-1(3)4;2-1-3;1-2/h4-8,13H,9H2,1-3H3;3-7,12H,8H2,1-2H3;2*3H,1H2,2H3;1H;1H2;1H3/q+1;;;;;;. The number of fused-ring (bicyclic) bond motifs is 2. The fourth-order valence-corrected chi connectivity index (χ4v) is 3.38. The summed E-state index contributed by atoms with van der Waals surface area (Å²) in [5.41, 5.74) is 5.21. The van der Waals surface area contributed by atoms with E-state index in [0.29, 0.717) is 0 Å². The highest BCUT2D eigenvalue weighted by molar-refractivity contribution is 14.3. The molecule has 0 saturated carbocycles.